The van der Waals surface area contributed by atoms with E-state index < -0.39 is 0 Å². The Bertz CT molecular complexity index is 800. The first-order valence-electron chi connectivity index (χ1n) is 10.7. The van der Waals surface area contributed by atoms with E-state index in [1.165, 1.54) is 5.56 Å². The van der Waals surface area contributed by atoms with Crippen molar-refractivity contribution in [1.82, 2.24) is 10.2 Å². The highest BCUT2D eigenvalue weighted by Crippen LogP contribution is 2.29. The van der Waals surface area contributed by atoms with Crippen molar-refractivity contribution in [3.63, 3.8) is 0 Å². The lowest BCUT2D eigenvalue weighted by atomic mass is 9.82. The molecule has 0 bridgehead atoms. The van der Waals surface area contributed by atoms with Crippen molar-refractivity contribution in [3.8, 4) is 11.5 Å². The lowest BCUT2D eigenvalue weighted by Gasteiger charge is -2.26. The molecular weight excluding hydrogens is 394 g/mol. The lowest BCUT2D eigenvalue weighted by Crippen LogP contribution is -2.42. The first-order valence-corrected chi connectivity index (χ1v) is 11.1. The number of ether oxygens (including phenoxy) is 2. The van der Waals surface area contributed by atoms with Crippen LogP contribution in [-0.4, -0.2) is 49.4 Å². The fraction of sp³-hybridized carbons (Fsp3) is 0.458. The smallest absolute Gasteiger partial charge is 0.170 e. The molecule has 0 spiro atoms. The van der Waals surface area contributed by atoms with Gasteiger partial charge in [0, 0.05) is 31.9 Å². The summed E-state index contributed by atoms with van der Waals surface area (Å²) in [5, 5.41) is 7.12. The molecule has 162 valence electrons. The third-order valence-electron chi connectivity index (χ3n) is 5.68. The number of nitrogens with zero attached hydrogens (tertiary/aromatic N) is 1. The Labute approximate surface area is 185 Å². The summed E-state index contributed by atoms with van der Waals surface area (Å²) < 4.78 is 11.3. The standard InChI is InChI=1S/C24H33N3O2S/c1-4-24(2,3)19-5-9-21(10-6-19)29-22-11-7-20(8-12-22)26-23(30)25-13-14-27-15-17-28-18-16-27/h5-12H,4,13-18H2,1-3H3,(H2,25,26,30). The molecule has 0 atom stereocenters. The summed E-state index contributed by atoms with van der Waals surface area (Å²) in [5.74, 6) is 1.64. The van der Waals surface area contributed by atoms with Crippen LogP contribution in [0.1, 0.15) is 32.8 Å². The molecule has 2 aromatic carbocycles. The average Bonchev–Trinajstić information content (AvgIpc) is 2.76. The van der Waals surface area contributed by atoms with E-state index in [0.29, 0.717) is 5.11 Å². The van der Waals surface area contributed by atoms with Crippen LogP contribution >= 0.6 is 12.2 Å². The summed E-state index contributed by atoms with van der Waals surface area (Å²) in [6.07, 6.45) is 1.10. The highest BCUT2D eigenvalue weighted by atomic mass is 32.1. The van der Waals surface area contributed by atoms with Crippen LogP contribution in [0.15, 0.2) is 48.5 Å². The number of hydrogen-bond donors (Lipinski definition) is 2. The van der Waals surface area contributed by atoms with Crippen molar-refractivity contribution in [2.75, 3.05) is 44.7 Å². The fourth-order valence-electron chi connectivity index (χ4n) is 3.25. The number of anilines is 1. The molecule has 2 aromatic rings. The summed E-state index contributed by atoms with van der Waals surface area (Å²) in [5.41, 5.74) is 2.44. The first kappa shape index (κ1) is 22.5. The van der Waals surface area contributed by atoms with Crippen molar-refractivity contribution in [2.45, 2.75) is 32.6 Å². The largest absolute Gasteiger partial charge is 0.457 e. The molecule has 1 fully saturated rings. The Morgan fingerprint density at radius 1 is 1.03 bits per heavy atom. The third-order valence-corrected chi connectivity index (χ3v) is 5.93. The number of rotatable bonds is 8. The zero-order chi connectivity index (χ0) is 21.4. The highest BCUT2D eigenvalue weighted by Gasteiger charge is 2.17. The molecule has 1 aliphatic rings. The molecule has 0 radical (unpaired) electrons. The zero-order valence-electron chi connectivity index (χ0n) is 18.2. The molecule has 0 saturated carbocycles. The maximum absolute atomic E-state index is 5.98. The Kier molecular flexibility index (Phi) is 8.08. The van der Waals surface area contributed by atoms with E-state index in [4.69, 9.17) is 21.7 Å². The molecule has 1 aliphatic heterocycles. The second kappa shape index (κ2) is 10.8. The molecule has 5 nitrogen and oxygen atoms in total. The van der Waals surface area contributed by atoms with Gasteiger partial charge in [0.1, 0.15) is 11.5 Å². The second-order valence-corrected chi connectivity index (χ2v) is 8.63. The Morgan fingerprint density at radius 2 is 1.63 bits per heavy atom. The average molecular weight is 428 g/mol. The zero-order valence-corrected chi connectivity index (χ0v) is 19.1. The predicted octanol–water partition coefficient (Wildman–Crippen LogP) is 4.79. The van der Waals surface area contributed by atoms with E-state index in [1.807, 2.05) is 36.4 Å². The van der Waals surface area contributed by atoms with Crippen molar-refractivity contribution >= 4 is 23.0 Å². The molecular formula is C24H33N3O2S. The molecule has 3 rings (SSSR count). The van der Waals surface area contributed by atoms with Gasteiger partial charge in [-0.3, -0.25) is 4.90 Å². The Morgan fingerprint density at radius 3 is 2.23 bits per heavy atom. The molecule has 0 aliphatic carbocycles. The van der Waals surface area contributed by atoms with Crippen LogP contribution < -0.4 is 15.4 Å². The van der Waals surface area contributed by atoms with Crippen molar-refractivity contribution < 1.29 is 9.47 Å². The first-order chi connectivity index (χ1) is 14.5. The SMILES string of the molecule is CCC(C)(C)c1ccc(Oc2ccc(NC(=S)NCCN3CCOCC3)cc2)cc1. The van der Waals surface area contributed by atoms with Crippen LogP contribution in [0, 0.1) is 0 Å². The minimum atomic E-state index is 0.181. The fourth-order valence-corrected chi connectivity index (χ4v) is 3.47. The van der Waals surface area contributed by atoms with Gasteiger partial charge in [-0.1, -0.05) is 32.9 Å². The van der Waals surface area contributed by atoms with Crippen LogP contribution in [0.5, 0.6) is 11.5 Å². The summed E-state index contributed by atoms with van der Waals surface area (Å²) in [6, 6.07) is 16.2. The van der Waals surface area contributed by atoms with Crippen molar-refractivity contribution in [1.29, 1.82) is 0 Å². The van der Waals surface area contributed by atoms with Gasteiger partial charge < -0.3 is 20.1 Å². The lowest BCUT2D eigenvalue weighted by molar-refractivity contribution is 0.0389. The summed E-state index contributed by atoms with van der Waals surface area (Å²) in [6.45, 7) is 12.1. The predicted molar refractivity (Wildman–Crippen MR) is 128 cm³/mol. The quantitative estimate of drug-likeness (QED) is 0.591. The van der Waals surface area contributed by atoms with Gasteiger partial charge in [0.15, 0.2) is 5.11 Å². The minimum absolute atomic E-state index is 0.181. The van der Waals surface area contributed by atoms with Gasteiger partial charge in [0.2, 0.25) is 0 Å². The van der Waals surface area contributed by atoms with E-state index in [9.17, 15) is 0 Å². The summed E-state index contributed by atoms with van der Waals surface area (Å²) in [4.78, 5) is 2.38. The van der Waals surface area contributed by atoms with Gasteiger partial charge in [-0.05, 0) is 66.0 Å². The van der Waals surface area contributed by atoms with E-state index in [0.717, 1.165) is 63.0 Å². The van der Waals surface area contributed by atoms with Crippen LogP contribution in [0.25, 0.3) is 0 Å². The van der Waals surface area contributed by atoms with E-state index in [2.05, 4.69) is 48.4 Å². The van der Waals surface area contributed by atoms with Crippen molar-refractivity contribution in [3.05, 3.63) is 54.1 Å². The number of morpholine rings is 1. The van der Waals surface area contributed by atoms with Gasteiger partial charge in [0.05, 0.1) is 13.2 Å². The Balaban J connectivity index is 1.44. The van der Waals surface area contributed by atoms with Crippen LogP contribution in [0.3, 0.4) is 0 Å². The summed E-state index contributed by atoms with van der Waals surface area (Å²) >= 11 is 5.40. The van der Waals surface area contributed by atoms with Crippen molar-refractivity contribution in [2.24, 2.45) is 0 Å². The molecule has 1 heterocycles. The second-order valence-electron chi connectivity index (χ2n) is 8.22. The minimum Gasteiger partial charge on any atom is -0.457 e. The highest BCUT2D eigenvalue weighted by molar-refractivity contribution is 7.80. The molecule has 30 heavy (non-hydrogen) atoms. The van der Waals surface area contributed by atoms with Crippen LogP contribution in [-0.2, 0) is 10.2 Å². The van der Waals surface area contributed by atoms with Gasteiger partial charge in [-0.15, -0.1) is 0 Å². The molecule has 6 heteroatoms. The molecule has 1 saturated heterocycles. The Hall–Kier alpha value is -2.15. The van der Waals surface area contributed by atoms with Gasteiger partial charge in [0.25, 0.3) is 0 Å². The third kappa shape index (κ3) is 6.69. The molecule has 2 N–H and O–H groups in total. The number of nitrogens with one attached hydrogen (secondary N) is 2. The maximum atomic E-state index is 5.98. The molecule has 0 aromatic heterocycles. The van der Waals surface area contributed by atoms with E-state index in [-0.39, 0.29) is 5.41 Å². The van der Waals surface area contributed by atoms with Crippen LogP contribution in [0.2, 0.25) is 0 Å². The van der Waals surface area contributed by atoms with Gasteiger partial charge in [-0.2, -0.15) is 0 Å². The molecule has 0 amide bonds. The normalized spacial score (nSPS) is 14.9. The van der Waals surface area contributed by atoms with E-state index >= 15 is 0 Å². The topological polar surface area (TPSA) is 45.8 Å². The number of benzene rings is 2. The van der Waals surface area contributed by atoms with Crippen LogP contribution in [0.4, 0.5) is 5.69 Å². The van der Waals surface area contributed by atoms with Gasteiger partial charge >= 0.3 is 0 Å². The summed E-state index contributed by atoms with van der Waals surface area (Å²) in [7, 11) is 0. The number of hydrogen-bond acceptors (Lipinski definition) is 4. The van der Waals surface area contributed by atoms with E-state index in [1.54, 1.807) is 0 Å². The number of thiocarbonyl (C=S) groups is 1. The molecule has 0 unspecified atom stereocenters. The maximum Gasteiger partial charge on any atom is 0.170 e. The monoisotopic (exact) mass is 427 g/mol. The van der Waals surface area contributed by atoms with Gasteiger partial charge in [-0.25, -0.2) is 0 Å².